The smallest absolute Gasteiger partial charge is 0.293 e. The SMILES string of the molecule is COc1ccccc1OCc1ccc(C(=O)Nc2ncn(Cc3ccccc3Cl)n2)o1. The first-order valence-corrected chi connectivity index (χ1v) is 9.79. The number of nitrogens with zero attached hydrogens (tertiary/aromatic N) is 3. The molecule has 158 valence electrons. The predicted octanol–water partition coefficient (Wildman–Crippen LogP) is 4.41. The molecule has 2 aromatic carbocycles. The highest BCUT2D eigenvalue weighted by atomic mass is 35.5. The maximum atomic E-state index is 12.4. The molecule has 0 fully saturated rings. The van der Waals surface area contributed by atoms with Crippen LogP contribution in [0, 0.1) is 0 Å². The zero-order chi connectivity index (χ0) is 21.6. The van der Waals surface area contributed by atoms with Crippen LogP contribution in [0.15, 0.2) is 71.4 Å². The summed E-state index contributed by atoms with van der Waals surface area (Å²) in [7, 11) is 1.57. The lowest BCUT2D eigenvalue weighted by molar-refractivity contribution is 0.0991. The van der Waals surface area contributed by atoms with Crippen LogP contribution < -0.4 is 14.8 Å². The van der Waals surface area contributed by atoms with E-state index in [4.69, 9.17) is 25.5 Å². The van der Waals surface area contributed by atoms with E-state index in [1.807, 2.05) is 36.4 Å². The third-order valence-corrected chi connectivity index (χ3v) is 4.75. The van der Waals surface area contributed by atoms with Crippen LogP contribution in [-0.2, 0) is 13.2 Å². The average molecular weight is 439 g/mol. The standard InChI is InChI=1S/C22H19ClN4O4/c1-29-18-8-4-5-9-19(18)30-13-16-10-11-20(31-16)21(28)25-22-24-14-27(26-22)12-15-6-2-3-7-17(15)23/h2-11,14H,12-13H2,1H3,(H,25,26,28). The van der Waals surface area contributed by atoms with Crippen molar-refractivity contribution in [3.63, 3.8) is 0 Å². The van der Waals surface area contributed by atoms with Crippen LogP contribution in [0.4, 0.5) is 5.95 Å². The first-order chi connectivity index (χ1) is 15.1. The van der Waals surface area contributed by atoms with Crippen molar-refractivity contribution in [2.24, 2.45) is 0 Å². The topological polar surface area (TPSA) is 91.4 Å². The quantitative estimate of drug-likeness (QED) is 0.438. The van der Waals surface area contributed by atoms with Crippen LogP contribution in [0.2, 0.25) is 5.02 Å². The molecule has 0 spiro atoms. The highest BCUT2D eigenvalue weighted by Crippen LogP contribution is 2.27. The van der Waals surface area contributed by atoms with Gasteiger partial charge in [-0.2, -0.15) is 0 Å². The van der Waals surface area contributed by atoms with Crippen molar-refractivity contribution in [3.8, 4) is 11.5 Å². The third-order valence-electron chi connectivity index (χ3n) is 4.38. The Labute approximate surface area is 183 Å². The molecule has 0 saturated heterocycles. The van der Waals surface area contributed by atoms with Gasteiger partial charge < -0.3 is 13.9 Å². The second-order valence-electron chi connectivity index (χ2n) is 6.52. The number of halogens is 1. The zero-order valence-electron chi connectivity index (χ0n) is 16.6. The van der Waals surface area contributed by atoms with Crippen LogP contribution in [0.1, 0.15) is 21.9 Å². The van der Waals surface area contributed by atoms with Gasteiger partial charge in [0.25, 0.3) is 5.91 Å². The number of carbonyl (C=O) groups is 1. The number of furan rings is 1. The molecule has 31 heavy (non-hydrogen) atoms. The van der Waals surface area contributed by atoms with E-state index in [1.165, 1.54) is 6.33 Å². The van der Waals surface area contributed by atoms with Gasteiger partial charge in [0.1, 0.15) is 18.7 Å². The van der Waals surface area contributed by atoms with E-state index in [1.54, 1.807) is 36.1 Å². The Hall–Kier alpha value is -3.78. The molecular formula is C22H19ClN4O4. The Morgan fingerprint density at radius 2 is 1.87 bits per heavy atom. The van der Waals surface area contributed by atoms with Gasteiger partial charge in [-0.05, 0) is 35.9 Å². The van der Waals surface area contributed by atoms with Gasteiger partial charge in [-0.3, -0.25) is 10.1 Å². The number of hydrogen-bond donors (Lipinski definition) is 1. The van der Waals surface area contributed by atoms with Crippen LogP contribution in [0.5, 0.6) is 11.5 Å². The normalized spacial score (nSPS) is 10.6. The van der Waals surface area contributed by atoms with Crippen molar-refractivity contribution in [3.05, 3.63) is 89.1 Å². The van der Waals surface area contributed by atoms with Gasteiger partial charge in [-0.25, -0.2) is 9.67 Å². The fourth-order valence-electron chi connectivity index (χ4n) is 2.86. The van der Waals surface area contributed by atoms with Crippen molar-refractivity contribution in [1.82, 2.24) is 14.8 Å². The minimum absolute atomic E-state index is 0.126. The molecule has 0 aliphatic rings. The van der Waals surface area contributed by atoms with Crippen molar-refractivity contribution in [2.75, 3.05) is 12.4 Å². The maximum Gasteiger partial charge on any atom is 0.293 e. The van der Waals surface area contributed by atoms with Crippen LogP contribution in [0.25, 0.3) is 0 Å². The average Bonchev–Trinajstić information content (AvgIpc) is 3.44. The Morgan fingerprint density at radius 1 is 1.10 bits per heavy atom. The molecule has 0 aliphatic heterocycles. The van der Waals surface area contributed by atoms with Gasteiger partial charge in [0.2, 0.25) is 5.95 Å². The van der Waals surface area contributed by atoms with Gasteiger partial charge in [-0.15, -0.1) is 5.10 Å². The molecule has 0 atom stereocenters. The molecular weight excluding hydrogens is 420 g/mol. The highest BCUT2D eigenvalue weighted by Gasteiger charge is 2.15. The Balaban J connectivity index is 1.35. The van der Waals surface area contributed by atoms with E-state index in [0.29, 0.717) is 28.8 Å². The molecule has 4 aromatic rings. The number of benzene rings is 2. The van der Waals surface area contributed by atoms with Crippen molar-refractivity contribution >= 4 is 23.5 Å². The summed E-state index contributed by atoms with van der Waals surface area (Å²) in [6.45, 7) is 0.589. The van der Waals surface area contributed by atoms with Crippen molar-refractivity contribution < 1.29 is 18.7 Å². The maximum absolute atomic E-state index is 12.4. The minimum Gasteiger partial charge on any atom is -0.493 e. The molecule has 1 N–H and O–H groups in total. The van der Waals surface area contributed by atoms with Gasteiger partial charge in [0.05, 0.1) is 13.7 Å². The number of amides is 1. The second-order valence-corrected chi connectivity index (χ2v) is 6.92. The molecule has 0 radical (unpaired) electrons. The summed E-state index contributed by atoms with van der Waals surface area (Å²) in [5.74, 6) is 1.53. The van der Waals surface area contributed by atoms with Gasteiger partial charge in [-0.1, -0.05) is 41.9 Å². The fraction of sp³-hybridized carbons (Fsp3) is 0.136. The summed E-state index contributed by atoms with van der Waals surface area (Å²) >= 11 is 6.17. The molecule has 0 unspecified atom stereocenters. The lowest BCUT2D eigenvalue weighted by Crippen LogP contribution is -2.12. The third kappa shape index (κ3) is 5.04. The number of nitrogens with one attached hydrogen (secondary N) is 1. The first-order valence-electron chi connectivity index (χ1n) is 9.41. The Morgan fingerprint density at radius 3 is 2.68 bits per heavy atom. The predicted molar refractivity (Wildman–Crippen MR) is 115 cm³/mol. The number of hydrogen-bond acceptors (Lipinski definition) is 6. The van der Waals surface area contributed by atoms with E-state index < -0.39 is 5.91 Å². The Bertz CT molecular complexity index is 1190. The van der Waals surface area contributed by atoms with E-state index in [9.17, 15) is 4.79 Å². The van der Waals surface area contributed by atoms with E-state index in [-0.39, 0.29) is 18.3 Å². The van der Waals surface area contributed by atoms with E-state index in [2.05, 4.69) is 15.4 Å². The lowest BCUT2D eigenvalue weighted by atomic mass is 10.2. The van der Waals surface area contributed by atoms with Gasteiger partial charge in [0, 0.05) is 5.02 Å². The number of carbonyl (C=O) groups excluding carboxylic acids is 1. The summed E-state index contributed by atoms with van der Waals surface area (Å²) in [4.78, 5) is 16.6. The number of rotatable bonds is 8. The van der Waals surface area contributed by atoms with Crippen LogP contribution in [0.3, 0.4) is 0 Å². The summed E-state index contributed by atoms with van der Waals surface area (Å²) < 4.78 is 18.1. The number of ether oxygens (including phenoxy) is 2. The van der Waals surface area contributed by atoms with Crippen LogP contribution >= 0.6 is 11.6 Å². The minimum atomic E-state index is -0.459. The largest absolute Gasteiger partial charge is 0.493 e. The Kier molecular flexibility index (Phi) is 6.18. The van der Waals surface area contributed by atoms with Crippen molar-refractivity contribution in [1.29, 1.82) is 0 Å². The summed E-state index contributed by atoms with van der Waals surface area (Å²) in [5, 5.41) is 7.50. The molecule has 2 heterocycles. The molecule has 4 rings (SSSR count). The molecule has 0 bridgehead atoms. The van der Waals surface area contributed by atoms with Crippen molar-refractivity contribution in [2.45, 2.75) is 13.2 Å². The summed E-state index contributed by atoms with van der Waals surface area (Å²) in [6.07, 6.45) is 1.52. The number of methoxy groups -OCH3 is 1. The molecule has 0 aliphatic carbocycles. The fourth-order valence-corrected chi connectivity index (χ4v) is 3.05. The molecule has 8 nitrogen and oxygen atoms in total. The monoisotopic (exact) mass is 438 g/mol. The summed E-state index contributed by atoms with van der Waals surface area (Å²) in [5.41, 5.74) is 0.901. The van der Waals surface area contributed by atoms with E-state index >= 15 is 0 Å². The lowest BCUT2D eigenvalue weighted by Gasteiger charge is -2.08. The number of anilines is 1. The first kappa shape index (κ1) is 20.5. The zero-order valence-corrected chi connectivity index (χ0v) is 17.4. The molecule has 0 saturated carbocycles. The second kappa shape index (κ2) is 9.36. The van der Waals surface area contributed by atoms with Crippen LogP contribution in [-0.4, -0.2) is 27.8 Å². The molecule has 9 heteroatoms. The number of aromatic nitrogens is 3. The molecule has 2 aromatic heterocycles. The van der Waals surface area contributed by atoms with Gasteiger partial charge in [0.15, 0.2) is 17.3 Å². The van der Waals surface area contributed by atoms with E-state index in [0.717, 1.165) is 5.56 Å². The molecule has 1 amide bonds. The van der Waals surface area contributed by atoms with Gasteiger partial charge >= 0.3 is 0 Å². The summed E-state index contributed by atoms with van der Waals surface area (Å²) in [6, 6.07) is 18.0. The highest BCUT2D eigenvalue weighted by molar-refractivity contribution is 6.31. The number of para-hydroxylation sites is 2.